The van der Waals surface area contributed by atoms with Crippen molar-refractivity contribution >= 4 is 17.7 Å². The number of cyclic esters (lactones) is 1. The van der Waals surface area contributed by atoms with Crippen LogP contribution in [0.5, 0.6) is 0 Å². The quantitative estimate of drug-likeness (QED) is 0.636. The van der Waals surface area contributed by atoms with Crippen molar-refractivity contribution in [2.45, 2.75) is 32.2 Å². The summed E-state index contributed by atoms with van der Waals surface area (Å²) in [7, 11) is 0. The molecule has 1 N–H and O–H groups in total. The number of hydrogen-bond acceptors (Lipinski definition) is 4. The Labute approximate surface area is 81.8 Å². The minimum atomic E-state index is -0.519. The zero-order valence-electron chi connectivity index (χ0n) is 8.04. The van der Waals surface area contributed by atoms with E-state index < -0.39 is 6.04 Å². The molecule has 0 aromatic rings. The Morgan fingerprint density at radius 2 is 2.21 bits per heavy atom. The summed E-state index contributed by atoms with van der Waals surface area (Å²) in [4.78, 5) is 32.7. The third-order valence-corrected chi connectivity index (χ3v) is 1.97. The molecule has 1 atom stereocenters. The van der Waals surface area contributed by atoms with Crippen LogP contribution < -0.4 is 5.32 Å². The number of nitrogens with one attached hydrogen (secondary N) is 1. The third-order valence-electron chi connectivity index (χ3n) is 1.97. The number of amides is 1. The highest BCUT2D eigenvalue weighted by molar-refractivity contribution is 5.87. The van der Waals surface area contributed by atoms with Crippen molar-refractivity contribution < 1.29 is 19.1 Å². The zero-order chi connectivity index (χ0) is 10.6. The number of rotatable bonds is 4. The largest absolute Gasteiger partial charge is 0.464 e. The molecule has 1 heterocycles. The second-order valence-electron chi connectivity index (χ2n) is 3.28. The van der Waals surface area contributed by atoms with E-state index in [-0.39, 0.29) is 30.5 Å². The Bertz CT molecular complexity index is 262. The number of ether oxygens (including phenoxy) is 1. The van der Waals surface area contributed by atoms with Gasteiger partial charge in [-0.25, -0.2) is 4.79 Å². The maximum absolute atomic E-state index is 11.2. The Morgan fingerprint density at radius 3 is 2.71 bits per heavy atom. The first kappa shape index (κ1) is 10.7. The molecule has 0 spiro atoms. The molecule has 0 radical (unpaired) electrons. The molecule has 1 fully saturated rings. The highest BCUT2D eigenvalue weighted by Gasteiger charge is 2.27. The van der Waals surface area contributed by atoms with Gasteiger partial charge < -0.3 is 14.8 Å². The van der Waals surface area contributed by atoms with Crippen molar-refractivity contribution in [1.29, 1.82) is 0 Å². The van der Waals surface area contributed by atoms with E-state index in [4.69, 9.17) is 0 Å². The minimum Gasteiger partial charge on any atom is -0.464 e. The van der Waals surface area contributed by atoms with Crippen molar-refractivity contribution in [1.82, 2.24) is 5.32 Å². The van der Waals surface area contributed by atoms with Crippen molar-refractivity contribution in [3.63, 3.8) is 0 Å². The third kappa shape index (κ3) is 3.16. The van der Waals surface area contributed by atoms with E-state index in [9.17, 15) is 14.4 Å². The van der Waals surface area contributed by atoms with Gasteiger partial charge in [-0.3, -0.25) is 4.79 Å². The van der Waals surface area contributed by atoms with Crippen molar-refractivity contribution in [3.05, 3.63) is 0 Å². The molecular weight excluding hydrogens is 186 g/mol. The van der Waals surface area contributed by atoms with Crippen LogP contribution in [0.2, 0.25) is 0 Å². The summed E-state index contributed by atoms with van der Waals surface area (Å²) in [5.74, 6) is -0.695. The van der Waals surface area contributed by atoms with Gasteiger partial charge in [-0.05, 0) is 6.92 Å². The molecule has 1 saturated heterocycles. The normalized spacial score (nSPS) is 20.4. The van der Waals surface area contributed by atoms with Crippen LogP contribution in [0.25, 0.3) is 0 Å². The van der Waals surface area contributed by atoms with E-state index in [1.807, 2.05) is 0 Å². The fourth-order valence-corrected chi connectivity index (χ4v) is 1.18. The first-order valence-corrected chi connectivity index (χ1v) is 4.55. The Balaban J connectivity index is 2.26. The van der Waals surface area contributed by atoms with Gasteiger partial charge in [-0.15, -0.1) is 0 Å². The molecule has 1 amide bonds. The molecule has 0 bridgehead atoms. The SMILES string of the molecule is CC(=O)CCC(=O)NC1CCOC1=O. The lowest BCUT2D eigenvalue weighted by Gasteiger charge is -2.07. The Kier molecular flexibility index (Phi) is 3.62. The van der Waals surface area contributed by atoms with Crippen LogP contribution in [0.15, 0.2) is 0 Å². The average molecular weight is 199 g/mol. The van der Waals surface area contributed by atoms with Crippen LogP contribution in [0.4, 0.5) is 0 Å². The van der Waals surface area contributed by atoms with Gasteiger partial charge in [-0.1, -0.05) is 0 Å². The second kappa shape index (κ2) is 4.74. The van der Waals surface area contributed by atoms with E-state index in [0.717, 1.165) is 0 Å². The van der Waals surface area contributed by atoms with E-state index >= 15 is 0 Å². The number of carbonyl (C=O) groups is 3. The predicted octanol–water partition coefficient (Wildman–Crippen LogP) is -0.213. The van der Waals surface area contributed by atoms with Crippen molar-refractivity contribution in [2.24, 2.45) is 0 Å². The van der Waals surface area contributed by atoms with E-state index in [1.165, 1.54) is 6.92 Å². The smallest absolute Gasteiger partial charge is 0.328 e. The molecule has 1 unspecified atom stereocenters. The lowest BCUT2D eigenvalue weighted by molar-refractivity contribution is -0.141. The first-order valence-electron chi connectivity index (χ1n) is 4.55. The molecule has 0 aromatic carbocycles. The molecular formula is C9H13NO4. The van der Waals surface area contributed by atoms with Gasteiger partial charge >= 0.3 is 5.97 Å². The summed E-state index contributed by atoms with van der Waals surface area (Å²) in [6.45, 7) is 1.79. The van der Waals surface area contributed by atoms with Gasteiger partial charge in [0, 0.05) is 19.3 Å². The van der Waals surface area contributed by atoms with Gasteiger partial charge in [0.1, 0.15) is 11.8 Å². The average Bonchev–Trinajstić information content (AvgIpc) is 2.49. The van der Waals surface area contributed by atoms with Crippen LogP contribution in [-0.4, -0.2) is 30.3 Å². The standard InChI is InChI=1S/C9H13NO4/c1-6(11)2-3-8(12)10-7-4-5-14-9(7)13/h7H,2-5H2,1H3,(H,10,12). The minimum absolute atomic E-state index is 0.0332. The zero-order valence-corrected chi connectivity index (χ0v) is 8.04. The maximum Gasteiger partial charge on any atom is 0.328 e. The Morgan fingerprint density at radius 1 is 1.50 bits per heavy atom. The number of carbonyl (C=O) groups excluding carboxylic acids is 3. The summed E-state index contributed by atoms with van der Waals surface area (Å²) < 4.78 is 4.67. The summed E-state index contributed by atoms with van der Waals surface area (Å²) in [5, 5.41) is 2.52. The molecule has 0 aliphatic carbocycles. The molecule has 0 aromatic heterocycles. The lowest BCUT2D eigenvalue weighted by Crippen LogP contribution is -2.37. The first-order chi connectivity index (χ1) is 6.59. The van der Waals surface area contributed by atoms with Gasteiger partial charge in [0.25, 0.3) is 0 Å². The molecule has 5 nitrogen and oxygen atoms in total. The fourth-order valence-electron chi connectivity index (χ4n) is 1.18. The van der Waals surface area contributed by atoms with Crippen LogP contribution in [0.3, 0.4) is 0 Å². The highest BCUT2D eigenvalue weighted by Crippen LogP contribution is 2.06. The topological polar surface area (TPSA) is 72.5 Å². The van der Waals surface area contributed by atoms with Crippen LogP contribution in [-0.2, 0) is 19.1 Å². The summed E-state index contributed by atoms with van der Waals surface area (Å²) in [6.07, 6.45) is 0.872. The van der Waals surface area contributed by atoms with Gasteiger partial charge in [-0.2, -0.15) is 0 Å². The predicted molar refractivity (Wildman–Crippen MR) is 47.4 cm³/mol. The molecule has 0 saturated carbocycles. The molecule has 5 heteroatoms. The number of ketones is 1. The maximum atomic E-state index is 11.2. The van der Waals surface area contributed by atoms with Gasteiger partial charge in [0.15, 0.2) is 0 Å². The molecule has 1 aliphatic heterocycles. The lowest BCUT2D eigenvalue weighted by atomic mass is 10.2. The van der Waals surface area contributed by atoms with Gasteiger partial charge in [0.05, 0.1) is 6.61 Å². The highest BCUT2D eigenvalue weighted by atomic mass is 16.5. The van der Waals surface area contributed by atoms with Crippen molar-refractivity contribution in [2.75, 3.05) is 6.61 Å². The number of Topliss-reactive ketones (excluding diaryl/α,β-unsaturated/α-hetero) is 1. The van der Waals surface area contributed by atoms with Crippen LogP contribution in [0.1, 0.15) is 26.2 Å². The fraction of sp³-hybridized carbons (Fsp3) is 0.667. The van der Waals surface area contributed by atoms with Gasteiger partial charge in [0.2, 0.25) is 5.91 Å². The van der Waals surface area contributed by atoms with Crippen LogP contribution in [0, 0.1) is 0 Å². The molecule has 1 rings (SSSR count). The van der Waals surface area contributed by atoms with E-state index in [2.05, 4.69) is 10.1 Å². The van der Waals surface area contributed by atoms with Crippen LogP contribution >= 0.6 is 0 Å². The summed E-state index contributed by atoms with van der Waals surface area (Å²) >= 11 is 0. The second-order valence-corrected chi connectivity index (χ2v) is 3.28. The molecule has 78 valence electrons. The number of hydrogen-bond donors (Lipinski definition) is 1. The van der Waals surface area contributed by atoms with Crippen molar-refractivity contribution in [3.8, 4) is 0 Å². The molecule has 1 aliphatic rings. The number of esters is 1. The Hall–Kier alpha value is -1.39. The van der Waals surface area contributed by atoms with E-state index in [1.54, 1.807) is 0 Å². The van der Waals surface area contributed by atoms with E-state index in [0.29, 0.717) is 13.0 Å². The summed E-state index contributed by atoms with van der Waals surface area (Å²) in [6, 6.07) is -0.519. The molecule has 14 heavy (non-hydrogen) atoms. The monoisotopic (exact) mass is 199 g/mol. The summed E-state index contributed by atoms with van der Waals surface area (Å²) in [5.41, 5.74) is 0.